The normalized spacial score (nSPS) is 12.5. The van der Waals surface area contributed by atoms with E-state index in [1.165, 1.54) is 4.88 Å². The molecule has 140 valence electrons. The van der Waals surface area contributed by atoms with Gasteiger partial charge in [0, 0.05) is 28.6 Å². The van der Waals surface area contributed by atoms with Crippen LogP contribution in [0.25, 0.3) is 0 Å². The molecule has 1 unspecified atom stereocenters. The molecule has 0 aliphatic carbocycles. The van der Waals surface area contributed by atoms with Gasteiger partial charge >= 0.3 is 0 Å². The van der Waals surface area contributed by atoms with Gasteiger partial charge in [0.05, 0.1) is 6.54 Å². The van der Waals surface area contributed by atoms with E-state index >= 15 is 0 Å². The van der Waals surface area contributed by atoms with Gasteiger partial charge in [-0.3, -0.25) is 9.79 Å². The molecule has 3 N–H and O–H groups in total. The van der Waals surface area contributed by atoms with Crippen LogP contribution in [0.1, 0.15) is 17.4 Å². The molecular formula is C19H25BrN4OS. The van der Waals surface area contributed by atoms with Gasteiger partial charge in [-0.05, 0) is 48.4 Å². The van der Waals surface area contributed by atoms with Crippen molar-refractivity contribution in [2.45, 2.75) is 20.3 Å². The molecule has 0 fully saturated rings. The fraction of sp³-hybridized carbons (Fsp3) is 0.368. The summed E-state index contributed by atoms with van der Waals surface area (Å²) in [7, 11) is 1.70. The van der Waals surface area contributed by atoms with Crippen molar-refractivity contribution in [2.75, 3.05) is 25.5 Å². The first-order valence-electron chi connectivity index (χ1n) is 8.51. The molecule has 26 heavy (non-hydrogen) atoms. The van der Waals surface area contributed by atoms with Crippen LogP contribution in [0.5, 0.6) is 0 Å². The molecule has 1 aromatic heterocycles. The average Bonchev–Trinajstić information content (AvgIpc) is 3.11. The first kappa shape index (κ1) is 20.5. The van der Waals surface area contributed by atoms with Crippen molar-refractivity contribution in [3.63, 3.8) is 0 Å². The number of aryl methyl sites for hydroxylation is 1. The highest BCUT2D eigenvalue weighted by Gasteiger charge is 2.09. The minimum Gasteiger partial charge on any atom is -0.356 e. The molecule has 1 heterocycles. The standard InChI is InChI=1S/C19H25BrN4OS/c1-13(9-16-5-4-8-26-16)11-22-19(21-3)23-12-18(25)24-17-10-15(20)7-6-14(17)2/h4-8,10,13H,9,11-12H2,1-3H3,(H,24,25)(H2,21,22,23). The van der Waals surface area contributed by atoms with Crippen molar-refractivity contribution < 1.29 is 4.79 Å². The zero-order valence-electron chi connectivity index (χ0n) is 15.3. The Morgan fingerprint density at radius 3 is 2.81 bits per heavy atom. The van der Waals surface area contributed by atoms with Crippen molar-refractivity contribution in [1.29, 1.82) is 0 Å². The van der Waals surface area contributed by atoms with Gasteiger partial charge < -0.3 is 16.0 Å². The summed E-state index contributed by atoms with van der Waals surface area (Å²) < 4.78 is 0.934. The second kappa shape index (κ2) is 10.3. The molecule has 1 aromatic carbocycles. The molecule has 1 atom stereocenters. The fourth-order valence-corrected chi connectivity index (χ4v) is 3.65. The number of guanidine groups is 1. The number of hydrogen-bond donors (Lipinski definition) is 3. The Bertz CT molecular complexity index is 746. The number of amides is 1. The molecule has 2 rings (SSSR count). The Kier molecular flexibility index (Phi) is 8.12. The summed E-state index contributed by atoms with van der Waals surface area (Å²) in [5.74, 6) is 0.996. The largest absolute Gasteiger partial charge is 0.356 e. The quantitative estimate of drug-likeness (QED) is 0.456. The first-order chi connectivity index (χ1) is 12.5. The van der Waals surface area contributed by atoms with Crippen LogP contribution < -0.4 is 16.0 Å². The van der Waals surface area contributed by atoms with Crippen LogP contribution in [-0.2, 0) is 11.2 Å². The van der Waals surface area contributed by atoms with Crippen LogP contribution >= 0.6 is 27.3 Å². The van der Waals surface area contributed by atoms with Gasteiger partial charge in [0.1, 0.15) is 0 Å². The lowest BCUT2D eigenvalue weighted by atomic mass is 10.1. The van der Waals surface area contributed by atoms with Crippen molar-refractivity contribution in [3.8, 4) is 0 Å². The number of nitrogens with one attached hydrogen (secondary N) is 3. The van der Waals surface area contributed by atoms with Gasteiger partial charge in [0.2, 0.25) is 5.91 Å². The first-order valence-corrected chi connectivity index (χ1v) is 10.2. The van der Waals surface area contributed by atoms with Crippen LogP contribution in [-0.4, -0.2) is 32.0 Å². The topological polar surface area (TPSA) is 65.5 Å². The number of halogens is 1. The molecule has 0 bridgehead atoms. The second-order valence-corrected chi connectivity index (χ2v) is 8.15. The zero-order chi connectivity index (χ0) is 18.9. The predicted octanol–water partition coefficient (Wildman–Crippen LogP) is 3.80. The molecule has 0 saturated carbocycles. The predicted molar refractivity (Wildman–Crippen MR) is 114 cm³/mol. The van der Waals surface area contributed by atoms with E-state index < -0.39 is 0 Å². The minimum absolute atomic E-state index is 0.110. The number of benzene rings is 1. The lowest BCUT2D eigenvalue weighted by Gasteiger charge is -2.16. The van der Waals surface area contributed by atoms with E-state index in [0.717, 1.165) is 28.7 Å². The molecule has 2 aromatic rings. The molecule has 5 nitrogen and oxygen atoms in total. The Labute approximate surface area is 167 Å². The van der Waals surface area contributed by atoms with Crippen LogP contribution in [0, 0.1) is 12.8 Å². The number of thiophene rings is 1. The van der Waals surface area contributed by atoms with E-state index in [0.29, 0.717) is 11.9 Å². The third-order valence-electron chi connectivity index (χ3n) is 3.86. The van der Waals surface area contributed by atoms with Crippen LogP contribution in [0.3, 0.4) is 0 Å². The summed E-state index contributed by atoms with van der Waals surface area (Å²) in [5, 5.41) is 11.3. The van der Waals surface area contributed by atoms with E-state index in [1.807, 2.05) is 25.1 Å². The van der Waals surface area contributed by atoms with Gasteiger partial charge in [-0.25, -0.2) is 0 Å². The zero-order valence-corrected chi connectivity index (χ0v) is 17.7. The third-order valence-corrected chi connectivity index (χ3v) is 5.25. The molecule has 0 saturated heterocycles. The lowest BCUT2D eigenvalue weighted by molar-refractivity contribution is -0.115. The maximum atomic E-state index is 12.2. The molecule has 0 aliphatic rings. The van der Waals surface area contributed by atoms with Crippen LogP contribution in [0.2, 0.25) is 0 Å². The number of carbonyl (C=O) groups excluding carboxylic acids is 1. The maximum Gasteiger partial charge on any atom is 0.243 e. The molecule has 7 heteroatoms. The summed E-state index contributed by atoms with van der Waals surface area (Å²) in [6, 6.07) is 10.0. The smallest absolute Gasteiger partial charge is 0.243 e. The summed E-state index contributed by atoms with van der Waals surface area (Å²) in [6.07, 6.45) is 1.03. The number of carbonyl (C=O) groups is 1. The number of hydrogen-bond acceptors (Lipinski definition) is 3. The SMILES string of the molecule is CN=C(NCC(=O)Nc1cc(Br)ccc1C)NCC(C)Cc1cccs1. The van der Waals surface area contributed by atoms with Gasteiger partial charge in [-0.15, -0.1) is 11.3 Å². The molecule has 0 aliphatic heterocycles. The average molecular weight is 437 g/mol. The number of rotatable bonds is 7. The van der Waals surface area contributed by atoms with Crippen molar-refractivity contribution in [1.82, 2.24) is 10.6 Å². The summed E-state index contributed by atoms with van der Waals surface area (Å²) in [6.45, 7) is 5.11. The van der Waals surface area contributed by atoms with Gasteiger partial charge in [0.15, 0.2) is 5.96 Å². The summed E-state index contributed by atoms with van der Waals surface area (Å²) in [4.78, 5) is 17.7. The highest BCUT2D eigenvalue weighted by Crippen LogP contribution is 2.20. The Morgan fingerprint density at radius 1 is 1.31 bits per heavy atom. The summed E-state index contributed by atoms with van der Waals surface area (Å²) in [5.41, 5.74) is 1.82. The van der Waals surface area contributed by atoms with Gasteiger partial charge in [-0.2, -0.15) is 0 Å². The minimum atomic E-state index is -0.110. The van der Waals surface area contributed by atoms with Crippen molar-refractivity contribution in [2.24, 2.45) is 10.9 Å². The van der Waals surface area contributed by atoms with E-state index in [2.05, 4.69) is 61.3 Å². The molecule has 0 radical (unpaired) electrons. The number of anilines is 1. The monoisotopic (exact) mass is 436 g/mol. The van der Waals surface area contributed by atoms with Crippen molar-refractivity contribution in [3.05, 3.63) is 50.6 Å². The highest BCUT2D eigenvalue weighted by molar-refractivity contribution is 9.10. The van der Waals surface area contributed by atoms with E-state index in [4.69, 9.17) is 0 Å². The maximum absolute atomic E-state index is 12.2. The van der Waals surface area contributed by atoms with E-state index in [9.17, 15) is 4.79 Å². The second-order valence-electron chi connectivity index (χ2n) is 6.20. The Morgan fingerprint density at radius 2 is 2.12 bits per heavy atom. The Balaban J connectivity index is 1.75. The fourth-order valence-electron chi connectivity index (χ4n) is 2.42. The molecule has 1 amide bonds. The molecular weight excluding hydrogens is 412 g/mol. The van der Waals surface area contributed by atoms with Crippen LogP contribution in [0.4, 0.5) is 5.69 Å². The summed E-state index contributed by atoms with van der Waals surface area (Å²) >= 11 is 5.20. The van der Waals surface area contributed by atoms with Gasteiger partial charge in [-0.1, -0.05) is 35.0 Å². The highest BCUT2D eigenvalue weighted by atomic mass is 79.9. The van der Waals surface area contributed by atoms with E-state index in [-0.39, 0.29) is 12.5 Å². The van der Waals surface area contributed by atoms with E-state index in [1.54, 1.807) is 18.4 Å². The number of aliphatic imine (C=N–C) groups is 1. The Hall–Kier alpha value is -1.86. The molecule has 0 spiro atoms. The van der Waals surface area contributed by atoms with Gasteiger partial charge in [0.25, 0.3) is 0 Å². The van der Waals surface area contributed by atoms with Crippen molar-refractivity contribution >= 4 is 44.8 Å². The number of nitrogens with zero attached hydrogens (tertiary/aromatic N) is 1. The lowest BCUT2D eigenvalue weighted by Crippen LogP contribution is -2.43. The third kappa shape index (κ3) is 6.80. The van der Waals surface area contributed by atoms with Crippen LogP contribution in [0.15, 0.2) is 45.2 Å².